The first-order valence-electron chi connectivity index (χ1n) is 23.0. The number of aliphatic hydroxyl groups excluding tert-OH is 3. The lowest BCUT2D eigenvalue weighted by molar-refractivity contribution is -0.244. The number of nitrogens with zero attached hydrogens (tertiary/aromatic N) is 9. The first-order chi connectivity index (χ1) is 37.5. The SMILES string of the molecule is CO[C@H]1C(OP(=O)(O)OC[C@H]2O[C@@H](n3cnc4c(=O)[nH]c(N)nc43)[C@@H](O)C2OC(C)C)[C@@H](COOP(=O)(O)OP(=O)(O)OP(=O)(O)OC[C@H]2O[C@@H](N3CN(C)c4c3nc(N)[nH]c4=O)C(O)[C@H]2O)O[C@H]1n1cnc2c(=O)[nH]c(N)nc21. The fraction of sp³-hybridized carbons (Fsp3) is 0.600. The Bertz CT molecular complexity index is 3510. The van der Waals surface area contributed by atoms with Crippen LogP contribution in [0.4, 0.5) is 29.4 Å². The summed E-state index contributed by atoms with van der Waals surface area (Å²) in [6, 6.07) is 0. The van der Waals surface area contributed by atoms with E-state index in [0.717, 1.165) is 24.3 Å². The zero-order valence-electron chi connectivity index (χ0n) is 41.4. The summed E-state index contributed by atoms with van der Waals surface area (Å²) in [6.07, 6.45) is -17.6. The molecule has 5 aromatic rings. The molecule has 0 aromatic carbocycles. The van der Waals surface area contributed by atoms with Crippen LogP contribution in [-0.4, -0.2) is 192 Å². The van der Waals surface area contributed by atoms with E-state index in [4.69, 9.17) is 54.8 Å². The quantitative estimate of drug-likeness (QED) is 0.0180. The van der Waals surface area contributed by atoms with Crippen molar-refractivity contribution in [1.29, 1.82) is 0 Å². The Kier molecular flexibility index (Phi) is 16.7. The second-order valence-electron chi connectivity index (χ2n) is 18.1. The van der Waals surface area contributed by atoms with E-state index in [1.807, 2.05) is 0 Å². The monoisotopic (exact) mass is 1220 g/mol. The van der Waals surface area contributed by atoms with Gasteiger partial charge in [-0.25, -0.2) is 33.1 Å². The van der Waals surface area contributed by atoms with Gasteiger partial charge in [0.2, 0.25) is 17.8 Å². The molecular formula is C35H51N15O26P4. The lowest BCUT2D eigenvalue weighted by Gasteiger charge is -2.27. The molecule has 0 saturated carbocycles. The highest BCUT2D eigenvalue weighted by Gasteiger charge is 2.54. The third-order valence-electron chi connectivity index (χ3n) is 12.2. The summed E-state index contributed by atoms with van der Waals surface area (Å²) in [5.74, 6) is -1.02. The van der Waals surface area contributed by atoms with Crippen molar-refractivity contribution >= 4 is 83.0 Å². The summed E-state index contributed by atoms with van der Waals surface area (Å²) in [6.45, 7) is -0.0541. The number of methoxy groups -OCH3 is 1. The molecule has 3 fully saturated rings. The Morgan fingerprint density at radius 3 is 1.80 bits per heavy atom. The number of hydrogen-bond acceptors (Lipinski definition) is 32. The number of nitrogens with two attached hydrogens (primary N) is 3. The zero-order chi connectivity index (χ0) is 58.1. The zero-order valence-corrected chi connectivity index (χ0v) is 45.0. The minimum atomic E-state index is -6.22. The summed E-state index contributed by atoms with van der Waals surface area (Å²) in [7, 11) is -21.0. The van der Waals surface area contributed by atoms with Crippen molar-refractivity contribution in [3.8, 4) is 0 Å². The van der Waals surface area contributed by atoms with Crippen molar-refractivity contribution in [2.75, 3.05) is 67.6 Å². The number of fused-ring (bicyclic) bond motifs is 3. The molecule has 0 spiro atoms. The number of hydrogen-bond donors (Lipinski definition) is 13. The van der Waals surface area contributed by atoms with Crippen LogP contribution in [0.3, 0.4) is 0 Å². The molecule has 9 rings (SSSR count). The van der Waals surface area contributed by atoms with Gasteiger partial charge in [-0.05, 0) is 13.8 Å². The number of anilines is 5. The topological polar surface area (TPSA) is 578 Å². The molecule has 0 amide bonds. The Morgan fingerprint density at radius 2 is 1.19 bits per heavy atom. The fourth-order valence-electron chi connectivity index (χ4n) is 8.97. The Hall–Kier alpha value is -5.26. The standard InChI is InChI=1S/C35H51N15O26P4/c1-11(2)69-21-14(71-31(20(21)53)48-8-39-15-24(48)41-33(36)44-27(15)54)7-67-77(57,58)73-22-13(72-32(23(22)65-4)49-9-40-16-25(49)42-34(37)45-28(16)55)5-66-74-79(61,62)76-80(63,64)75-78(59,60)68-6-12-18(51)19(52)30(70-12)50-10-47(3)17-26(50)43-35(38)46-29(17)56/h8-9,11-14,18-23,30-32,51-53H,5-7,10H2,1-4H3,(H,57,58)(H,59,60)(H,61,62)(H,63,64)(H3,36,41,44,54)(H3,37,42,45,55)(H3,38,43,46,56)/t12-,13-,14-,18+,19?,20+,21?,22?,23+,30-,31-,32-/m1/s1. The lowest BCUT2D eigenvalue weighted by atomic mass is 10.1. The molecule has 45 heteroatoms. The van der Waals surface area contributed by atoms with Crippen LogP contribution in [0.25, 0.3) is 22.3 Å². The third-order valence-corrected chi connectivity index (χ3v) is 17.2. The largest absolute Gasteiger partial charge is 0.508 e. The van der Waals surface area contributed by atoms with Gasteiger partial charge in [-0.2, -0.15) is 23.6 Å². The minimum absolute atomic E-state index is 0.0263. The van der Waals surface area contributed by atoms with Gasteiger partial charge in [-0.3, -0.25) is 52.0 Å². The number of aromatic nitrogens is 10. The first kappa shape index (κ1) is 59.4. The van der Waals surface area contributed by atoms with Crippen LogP contribution in [0, 0.1) is 0 Å². The number of imidazole rings is 2. The summed E-state index contributed by atoms with van der Waals surface area (Å²) in [5.41, 5.74) is 14.3. The molecule has 41 nitrogen and oxygen atoms in total. The molecule has 9 heterocycles. The van der Waals surface area contributed by atoms with Gasteiger partial charge < -0.3 is 85.6 Å². The molecule has 0 bridgehead atoms. The van der Waals surface area contributed by atoms with Crippen LogP contribution >= 0.6 is 31.3 Å². The first-order valence-corrected chi connectivity index (χ1v) is 29.0. The van der Waals surface area contributed by atoms with Crippen molar-refractivity contribution in [2.24, 2.45) is 0 Å². The normalized spacial score (nSPS) is 30.1. The number of nitrogen functional groups attached to an aromatic ring is 3. The third kappa shape index (κ3) is 12.3. The van der Waals surface area contributed by atoms with E-state index >= 15 is 0 Å². The van der Waals surface area contributed by atoms with Crippen LogP contribution < -0.4 is 43.7 Å². The molecule has 0 aliphatic carbocycles. The Labute approximate surface area is 444 Å². The summed E-state index contributed by atoms with van der Waals surface area (Å²) < 4.78 is 112. The van der Waals surface area contributed by atoms with Crippen molar-refractivity contribution in [2.45, 2.75) is 93.6 Å². The van der Waals surface area contributed by atoms with E-state index in [2.05, 4.69) is 57.7 Å². The molecular weight excluding hydrogens is 1170 g/mol. The van der Waals surface area contributed by atoms with E-state index < -0.39 is 148 Å². The van der Waals surface area contributed by atoms with E-state index in [1.54, 1.807) is 13.8 Å². The number of aliphatic hydroxyl groups is 3. The molecule has 4 aliphatic heterocycles. The molecule has 16 atom stereocenters. The maximum atomic E-state index is 13.9. The average molecular weight is 1220 g/mol. The van der Waals surface area contributed by atoms with Gasteiger partial charge >= 0.3 is 31.3 Å². The Morgan fingerprint density at radius 1 is 0.662 bits per heavy atom. The number of nitrogens with one attached hydrogen (secondary N) is 3. The van der Waals surface area contributed by atoms with Gasteiger partial charge in [-0.1, -0.05) is 0 Å². The summed E-state index contributed by atoms with van der Waals surface area (Å²) in [4.78, 5) is 114. The minimum Gasteiger partial charge on any atom is -0.387 e. The van der Waals surface area contributed by atoms with Crippen molar-refractivity contribution in [3.05, 3.63) is 43.7 Å². The van der Waals surface area contributed by atoms with Crippen LogP contribution in [0.5, 0.6) is 0 Å². The van der Waals surface area contributed by atoms with Crippen molar-refractivity contribution in [1.82, 2.24) is 49.0 Å². The van der Waals surface area contributed by atoms with Gasteiger partial charge in [0.1, 0.15) is 67.2 Å². The molecule has 5 aromatic heterocycles. The average Bonchev–Trinajstić information content (AvgIpc) is 4.29. The Balaban J connectivity index is 0.858. The highest BCUT2D eigenvalue weighted by atomic mass is 31.3. The number of phosphoric ester groups is 2. The van der Waals surface area contributed by atoms with E-state index in [9.17, 15) is 67.5 Å². The predicted octanol–water partition coefficient (Wildman–Crippen LogP) is -3.79. The van der Waals surface area contributed by atoms with Gasteiger partial charge in [-0.15, -0.1) is 4.67 Å². The summed E-state index contributed by atoms with van der Waals surface area (Å²) in [5, 5.41) is 32.9. The maximum absolute atomic E-state index is 13.9. The molecule has 442 valence electrons. The number of H-pyrrole nitrogens is 3. The number of ether oxygens (including phenoxy) is 5. The van der Waals surface area contributed by atoms with E-state index in [1.165, 1.54) is 21.4 Å². The second-order valence-corrected chi connectivity index (χ2v) is 24.0. The molecule has 0 radical (unpaired) electrons. The molecule has 80 heavy (non-hydrogen) atoms. The van der Waals surface area contributed by atoms with Gasteiger partial charge in [0.15, 0.2) is 46.8 Å². The van der Waals surface area contributed by atoms with Crippen LogP contribution in [0.2, 0.25) is 0 Å². The lowest BCUT2D eigenvalue weighted by Crippen LogP contribution is -2.45. The molecule has 3 saturated heterocycles. The van der Waals surface area contributed by atoms with Crippen molar-refractivity contribution < 1.29 is 109 Å². The van der Waals surface area contributed by atoms with Gasteiger partial charge in [0, 0.05) is 14.2 Å². The van der Waals surface area contributed by atoms with E-state index in [-0.39, 0.29) is 58.3 Å². The number of phosphoric acid groups is 4. The number of rotatable bonds is 22. The molecule has 16 N–H and O–H groups in total. The fourth-order valence-corrected chi connectivity index (χ4v) is 13.2. The molecule has 7 unspecified atom stereocenters. The highest BCUT2D eigenvalue weighted by Crippen LogP contribution is 2.68. The maximum Gasteiger partial charge on any atom is 0.508 e. The molecule has 4 aliphatic rings. The van der Waals surface area contributed by atoms with Crippen LogP contribution in [0.15, 0.2) is 27.0 Å². The second kappa shape index (κ2) is 22.5. The van der Waals surface area contributed by atoms with Gasteiger partial charge in [0.05, 0.1) is 38.6 Å². The smallest absolute Gasteiger partial charge is 0.387 e. The van der Waals surface area contributed by atoms with Gasteiger partial charge in [0.25, 0.3) is 16.7 Å². The van der Waals surface area contributed by atoms with Crippen LogP contribution in [-0.2, 0) is 73.7 Å². The highest BCUT2D eigenvalue weighted by molar-refractivity contribution is 7.66. The van der Waals surface area contributed by atoms with Crippen LogP contribution in [0.1, 0.15) is 26.3 Å². The summed E-state index contributed by atoms with van der Waals surface area (Å²) >= 11 is 0. The predicted molar refractivity (Wildman–Crippen MR) is 261 cm³/mol. The van der Waals surface area contributed by atoms with Crippen molar-refractivity contribution in [3.63, 3.8) is 0 Å². The van der Waals surface area contributed by atoms with E-state index in [0.29, 0.717) is 0 Å². The number of aromatic amines is 3.